The normalized spacial score (nSPS) is 22.3. The van der Waals surface area contributed by atoms with Crippen molar-refractivity contribution in [3.63, 3.8) is 0 Å². The Balaban J connectivity index is 1.21. The van der Waals surface area contributed by atoms with Gasteiger partial charge in [-0.3, -0.25) is 14.7 Å². The van der Waals surface area contributed by atoms with E-state index >= 15 is 0 Å². The van der Waals surface area contributed by atoms with E-state index in [-0.39, 0.29) is 24.2 Å². The predicted molar refractivity (Wildman–Crippen MR) is 115 cm³/mol. The number of likely N-dealkylation sites (tertiary alicyclic amines) is 1. The molecule has 1 N–H and O–H groups in total. The first kappa shape index (κ1) is 20.0. The molecule has 1 aliphatic carbocycles. The summed E-state index contributed by atoms with van der Waals surface area (Å²) in [6.07, 6.45) is 4.39. The minimum Gasteiger partial charge on any atom is -0.495 e. The number of rotatable bonds is 5. The number of H-pyrrole nitrogens is 1. The Bertz CT molecular complexity index is 991. The van der Waals surface area contributed by atoms with Crippen LogP contribution in [0.3, 0.4) is 0 Å². The zero-order valence-electron chi connectivity index (χ0n) is 18.1. The largest absolute Gasteiger partial charge is 0.495 e. The van der Waals surface area contributed by atoms with Gasteiger partial charge in [0.05, 0.1) is 18.7 Å². The minimum absolute atomic E-state index is 0.0219. The molecule has 8 nitrogen and oxygen atoms in total. The van der Waals surface area contributed by atoms with Crippen molar-refractivity contribution in [2.75, 3.05) is 31.6 Å². The Morgan fingerprint density at radius 3 is 2.65 bits per heavy atom. The van der Waals surface area contributed by atoms with E-state index in [9.17, 15) is 9.59 Å². The average Bonchev–Trinajstić information content (AvgIpc) is 3.39. The highest BCUT2D eigenvalue weighted by molar-refractivity contribution is 6.01. The molecule has 0 spiro atoms. The Morgan fingerprint density at radius 2 is 1.94 bits per heavy atom. The number of anilines is 1. The van der Waals surface area contributed by atoms with Gasteiger partial charge >= 0.3 is 0 Å². The van der Waals surface area contributed by atoms with Gasteiger partial charge < -0.3 is 14.5 Å². The van der Waals surface area contributed by atoms with Gasteiger partial charge in [-0.15, -0.1) is 0 Å². The first-order valence-corrected chi connectivity index (χ1v) is 11.2. The maximum atomic E-state index is 13.2. The highest BCUT2D eigenvalue weighted by atomic mass is 16.5. The van der Waals surface area contributed by atoms with Crippen LogP contribution in [0.2, 0.25) is 0 Å². The highest BCUT2D eigenvalue weighted by Crippen LogP contribution is 2.39. The van der Waals surface area contributed by atoms with Gasteiger partial charge in [-0.2, -0.15) is 5.10 Å². The van der Waals surface area contributed by atoms with Crippen LogP contribution in [-0.2, 0) is 9.59 Å². The number of benzene rings is 1. The van der Waals surface area contributed by atoms with E-state index in [1.807, 2.05) is 30.0 Å². The molecule has 164 valence electrons. The number of nitrogens with one attached hydrogen (secondary N) is 1. The smallest absolute Gasteiger partial charge is 0.228 e. The fourth-order valence-corrected chi connectivity index (χ4v) is 4.74. The van der Waals surface area contributed by atoms with E-state index in [4.69, 9.17) is 4.74 Å². The number of nitrogens with zero attached hydrogens (tertiary/aromatic N) is 4. The molecule has 3 fully saturated rings. The van der Waals surface area contributed by atoms with Crippen LogP contribution >= 0.6 is 0 Å². The molecule has 5 rings (SSSR count). The lowest BCUT2D eigenvalue weighted by Gasteiger charge is -2.32. The predicted octanol–water partition coefficient (Wildman–Crippen LogP) is 2.76. The number of aromatic nitrogens is 3. The topological polar surface area (TPSA) is 91.4 Å². The lowest BCUT2D eigenvalue weighted by Crippen LogP contribution is -2.42. The molecule has 2 aliphatic heterocycles. The third-order valence-electron chi connectivity index (χ3n) is 6.76. The third-order valence-corrected chi connectivity index (χ3v) is 6.76. The summed E-state index contributed by atoms with van der Waals surface area (Å²) in [4.78, 5) is 34.2. The Hall–Kier alpha value is -2.90. The van der Waals surface area contributed by atoms with Gasteiger partial charge in [0.2, 0.25) is 11.8 Å². The molecular weight excluding hydrogens is 394 g/mol. The van der Waals surface area contributed by atoms with E-state index in [0.29, 0.717) is 37.2 Å². The number of hydrogen-bond acceptors (Lipinski definition) is 5. The SMILES string of the molecule is COc1ccc(C)cc1N1CC(C(=O)N2CCC(c3nc(C4CC4)n[nH]3)CC2)CC1=O. The molecule has 1 aromatic carbocycles. The lowest BCUT2D eigenvalue weighted by atomic mass is 9.95. The zero-order valence-corrected chi connectivity index (χ0v) is 18.1. The minimum atomic E-state index is -0.305. The van der Waals surface area contributed by atoms with Crippen LogP contribution in [0.1, 0.15) is 61.2 Å². The summed E-state index contributed by atoms with van der Waals surface area (Å²) >= 11 is 0. The maximum Gasteiger partial charge on any atom is 0.228 e. The summed E-state index contributed by atoms with van der Waals surface area (Å²) in [6, 6.07) is 5.77. The van der Waals surface area contributed by atoms with Crippen molar-refractivity contribution in [2.45, 2.75) is 50.9 Å². The zero-order chi connectivity index (χ0) is 21.5. The number of aryl methyl sites for hydroxylation is 1. The molecule has 0 bridgehead atoms. The monoisotopic (exact) mass is 423 g/mol. The van der Waals surface area contributed by atoms with E-state index in [1.54, 1.807) is 12.0 Å². The molecule has 2 aromatic rings. The maximum absolute atomic E-state index is 13.2. The second kappa shape index (κ2) is 7.98. The van der Waals surface area contributed by atoms with E-state index < -0.39 is 0 Å². The Kier molecular flexibility index (Phi) is 5.16. The van der Waals surface area contributed by atoms with Gasteiger partial charge in [-0.25, -0.2) is 4.98 Å². The van der Waals surface area contributed by atoms with Crippen molar-refractivity contribution in [2.24, 2.45) is 5.92 Å². The first-order valence-electron chi connectivity index (χ1n) is 11.2. The summed E-state index contributed by atoms with van der Waals surface area (Å²) in [5, 5.41) is 7.48. The fourth-order valence-electron chi connectivity index (χ4n) is 4.74. The molecule has 1 aromatic heterocycles. The number of ether oxygens (including phenoxy) is 1. The molecule has 3 heterocycles. The first-order chi connectivity index (χ1) is 15.0. The molecule has 1 atom stereocenters. The number of carbonyl (C=O) groups excluding carboxylic acids is 2. The number of amides is 2. The van der Waals surface area contributed by atoms with Crippen molar-refractivity contribution in [3.05, 3.63) is 35.4 Å². The Morgan fingerprint density at radius 1 is 1.16 bits per heavy atom. The van der Waals surface area contributed by atoms with Gasteiger partial charge in [0.25, 0.3) is 0 Å². The molecule has 3 aliphatic rings. The van der Waals surface area contributed by atoms with Crippen LogP contribution < -0.4 is 9.64 Å². The van der Waals surface area contributed by atoms with Gasteiger partial charge in [-0.05, 0) is 50.3 Å². The van der Waals surface area contributed by atoms with Gasteiger partial charge in [0, 0.05) is 37.9 Å². The van der Waals surface area contributed by atoms with E-state index in [0.717, 1.165) is 35.7 Å². The number of methoxy groups -OCH3 is 1. The van der Waals surface area contributed by atoms with Crippen molar-refractivity contribution >= 4 is 17.5 Å². The van der Waals surface area contributed by atoms with E-state index in [2.05, 4.69) is 15.2 Å². The van der Waals surface area contributed by atoms with E-state index in [1.165, 1.54) is 12.8 Å². The molecule has 1 unspecified atom stereocenters. The molecular formula is C23H29N5O3. The fraction of sp³-hybridized carbons (Fsp3) is 0.565. The highest BCUT2D eigenvalue weighted by Gasteiger charge is 2.39. The molecule has 0 radical (unpaired) electrons. The quantitative estimate of drug-likeness (QED) is 0.798. The second-order valence-electron chi connectivity index (χ2n) is 9.03. The van der Waals surface area contributed by atoms with Gasteiger partial charge in [0.1, 0.15) is 11.6 Å². The van der Waals surface area contributed by atoms with Crippen LogP contribution in [0.25, 0.3) is 0 Å². The molecule has 8 heteroatoms. The lowest BCUT2D eigenvalue weighted by molar-refractivity contribution is -0.136. The van der Waals surface area contributed by atoms with Crippen LogP contribution in [0.4, 0.5) is 5.69 Å². The molecule has 1 saturated carbocycles. The molecule has 2 saturated heterocycles. The molecule has 2 amide bonds. The van der Waals surface area contributed by atoms with Crippen LogP contribution in [-0.4, -0.2) is 58.6 Å². The summed E-state index contributed by atoms with van der Waals surface area (Å²) in [5.74, 6) is 3.19. The van der Waals surface area contributed by atoms with Crippen molar-refractivity contribution in [1.82, 2.24) is 20.1 Å². The average molecular weight is 424 g/mol. The second-order valence-corrected chi connectivity index (χ2v) is 9.03. The van der Waals surface area contributed by atoms with Crippen molar-refractivity contribution in [1.29, 1.82) is 0 Å². The summed E-state index contributed by atoms with van der Waals surface area (Å²) in [6.45, 7) is 3.78. The molecule has 31 heavy (non-hydrogen) atoms. The van der Waals surface area contributed by atoms with Crippen LogP contribution in [0.15, 0.2) is 18.2 Å². The number of carbonyl (C=O) groups is 2. The van der Waals surface area contributed by atoms with Crippen LogP contribution in [0, 0.1) is 12.8 Å². The summed E-state index contributed by atoms with van der Waals surface area (Å²) in [7, 11) is 1.60. The standard InChI is InChI=1S/C23H29N5O3/c1-14-3-6-19(31-2)18(11-14)28-13-17(12-20(28)29)23(30)27-9-7-16(8-10-27)22-24-21(25-26-22)15-4-5-15/h3,6,11,15-17H,4-5,7-10,12-13H2,1-2H3,(H,24,25,26). The number of aromatic amines is 1. The number of piperidine rings is 1. The van der Waals surface area contributed by atoms with Crippen LogP contribution in [0.5, 0.6) is 5.75 Å². The third kappa shape index (κ3) is 3.91. The summed E-state index contributed by atoms with van der Waals surface area (Å²) < 4.78 is 5.44. The number of hydrogen-bond donors (Lipinski definition) is 1. The van der Waals surface area contributed by atoms with Gasteiger partial charge in [0.15, 0.2) is 5.82 Å². The van der Waals surface area contributed by atoms with Crippen molar-refractivity contribution < 1.29 is 14.3 Å². The summed E-state index contributed by atoms with van der Waals surface area (Å²) in [5.41, 5.74) is 1.80. The van der Waals surface area contributed by atoms with Crippen molar-refractivity contribution in [3.8, 4) is 5.75 Å². The Labute approximate surface area is 182 Å². The van der Waals surface area contributed by atoms with Gasteiger partial charge in [-0.1, -0.05) is 6.07 Å².